The van der Waals surface area contributed by atoms with Gasteiger partial charge in [-0.2, -0.15) is 0 Å². The minimum Gasteiger partial charge on any atom is -0.477 e. The fourth-order valence-electron chi connectivity index (χ4n) is 1.22. The number of carboxylic acid groups (broad SMARTS) is 1. The van der Waals surface area contributed by atoms with E-state index in [0.717, 1.165) is 0 Å². The van der Waals surface area contributed by atoms with Crippen LogP contribution in [0.2, 0.25) is 0 Å². The zero-order chi connectivity index (χ0) is 7.78. The highest BCUT2D eigenvalue weighted by atomic mass is 16.4. The van der Waals surface area contributed by atoms with Crippen molar-refractivity contribution in [3.8, 4) is 0 Å². The van der Waals surface area contributed by atoms with E-state index >= 15 is 0 Å². The molecule has 0 saturated carbocycles. The van der Waals surface area contributed by atoms with Crippen LogP contribution < -0.4 is 5.32 Å². The molecule has 1 unspecified atom stereocenters. The Morgan fingerprint density at radius 1 is 1.80 bits per heavy atom. The zero-order valence-corrected chi connectivity index (χ0v) is 5.87. The minimum atomic E-state index is -0.835. The molecule has 0 aromatic heterocycles. The van der Waals surface area contributed by atoms with E-state index < -0.39 is 17.6 Å². The monoisotopic (exact) mass is 146 g/mol. The van der Waals surface area contributed by atoms with Crippen molar-refractivity contribution in [3.05, 3.63) is 0 Å². The quantitative estimate of drug-likeness (QED) is 0.407. The molecule has 1 saturated heterocycles. The second kappa shape index (κ2) is 2.21. The van der Waals surface area contributed by atoms with Gasteiger partial charge in [-0.15, -0.1) is 0 Å². The lowest BCUT2D eigenvalue weighted by Crippen LogP contribution is -2.89. The summed E-state index contributed by atoms with van der Waals surface area (Å²) in [5.41, 5.74) is -0.789. The molecule has 2 atom stereocenters. The number of carboxylic acids is 1. The van der Waals surface area contributed by atoms with Gasteiger partial charge >= 0.3 is 5.97 Å². The summed E-state index contributed by atoms with van der Waals surface area (Å²) < 4.78 is 0. The summed E-state index contributed by atoms with van der Waals surface area (Å²) >= 11 is 0. The Hall–Kier alpha value is -0.610. The third-order valence-corrected chi connectivity index (χ3v) is 1.82. The summed E-state index contributed by atoms with van der Waals surface area (Å²) in [5.74, 6) is -0.835. The normalized spacial score (nSPS) is 40.0. The summed E-state index contributed by atoms with van der Waals surface area (Å²) in [6.45, 7) is 2.15. The van der Waals surface area contributed by atoms with Gasteiger partial charge in [0.05, 0.1) is 0 Å². The van der Waals surface area contributed by atoms with Gasteiger partial charge in [-0.3, -0.25) is 0 Å². The van der Waals surface area contributed by atoms with Gasteiger partial charge in [0.15, 0.2) is 6.04 Å². The van der Waals surface area contributed by atoms with E-state index in [1.807, 2.05) is 0 Å². The Bertz CT molecular complexity index is 155. The number of rotatable bonds is 1. The van der Waals surface area contributed by atoms with E-state index in [9.17, 15) is 9.90 Å². The molecule has 0 bridgehead atoms. The van der Waals surface area contributed by atoms with Gasteiger partial charge in [-0.05, 0) is 6.92 Å². The molecule has 0 aromatic rings. The fourth-order valence-corrected chi connectivity index (χ4v) is 1.22. The highest BCUT2D eigenvalue weighted by molar-refractivity contribution is 5.72. The average molecular weight is 146 g/mol. The third kappa shape index (κ3) is 1.46. The van der Waals surface area contributed by atoms with Crippen molar-refractivity contribution in [1.82, 2.24) is 0 Å². The van der Waals surface area contributed by atoms with Gasteiger partial charge < -0.3 is 15.5 Å². The molecule has 0 aliphatic carbocycles. The first kappa shape index (κ1) is 7.50. The van der Waals surface area contributed by atoms with Crippen LogP contribution in [0.5, 0.6) is 0 Å². The summed E-state index contributed by atoms with van der Waals surface area (Å²) in [7, 11) is 0. The lowest BCUT2D eigenvalue weighted by molar-refractivity contribution is -0.663. The Balaban J connectivity index is 2.51. The number of hydrogen-bond donors (Lipinski definition) is 3. The summed E-state index contributed by atoms with van der Waals surface area (Å²) in [6, 6.07) is -0.449. The molecule has 0 amide bonds. The highest BCUT2D eigenvalue weighted by Gasteiger charge is 2.40. The first-order chi connectivity index (χ1) is 4.51. The molecule has 1 aliphatic rings. The topological polar surface area (TPSA) is 74.1 Å². The minimum absolute atomic E-state index is 0.350. The first-order valence-corrected chi connectivity index (χ1v) is 3.30. The second-order valence-electron chi connectivity index (χ2n) is 3.09. The predicted octanol–water partition coefficient (Wildman–Crippen LogP) is -1.84. The number of hydrogen-bond acceptors (Lipinski definition) is 2. The van der Waals surface area contributed by atoms with Crippen molar-refractivity contribution in [2.75, 3.05) is 6.54 Å². The molecule has 0 radical (unpaired) electrons. The molecule has 0 aromatic carbocycles. The molecule has 0 spiro atoms. The van der Waals surface area contributed by atoms with Gasteiger partial charge in [0, 0.05) is 6.42 Å². The van der Waals surface area contributed by atoms with E-state index in [1.54, 1.807) is 12.2 Å². The maximum atomic E-state index is 10.3. The molecule has 4 nitrogen and oxygen atoms in total. The maximum Gasteiger partial charge on any atom is 0.362 e. The van der Waals surface area contributed by atoms with Crippen molar-refractivity contribution < 1.29 is 20.3 Å². The van der Waals surface area contributed by atoms with Crippen molar-refractivity contribution in [2.24, 2.45) is 0 Å². The van der Waals surface area contributed by atoms with Crippen molar-refractivity contribution in [2.45, 2.75) is 25.0 Å². The average Bonchev–Trinajstić information content (AvgIpc) is 2.10. The molecule has 58 valence electrons. The SMILES string of the molecule is CC1(O)C[NH2+][C@H](C(=O)O)C1. The third-order valence-electron chi connectivity index (χ3n) is 1.82. The summed E-state index contributed by atoms with van der Waals surface area (Å²) in [5, 5.41) is 19.5. The lowest BCUT2D eigenvalue weighted by Gasteiger charge is -2.08. The van der Waals surface area contributed by atoms with Gasteiger partial charge in [-0.25, -0.2) is 4.79 Å². The number of quaternary nitrogens is 1. The molecular weight excluding hydrogens is 134 g/mol. The number of aliphatic carboxylic acids is 1. The smallest absolute Gasteiger partial charge is 0.362 e. The van der Waals surface area contributed by atoms with Crippen molar-refractivity contribution in [1.29, 1.82) is 0 Å². The molecular formula is C6H12NO3+. The van der Waals surface area contributed by atoms with Gasteiger partial charge in [0.25, 0.3) is 0 Å². The van der Waals surface area contributed by atoms with Gasteiger partial charge in [-0.1, -0.05) is 0 Å². The Morgan fingerprint density at radius 2 is 2.40 bits per heavy atom. The predicted molar refractivity (Wildman–Crippen MR) is 33.5 cm³/mol. The van der Waals surface area contributed by atoms with E-state index in [0.29, 0.717) is 13.0 Å². The first-order valence-electron chi connectivity index (χ1n) is 3.30. The standard InChI is InChI=1S/C6H11NO3/c1-6(10)2-4(5(8)9)7-3-6/h4,7,10H,2-3H2,1H3,(H,8,9)/p+1/t4-,6?/m0/s1. The Labute approximate surface area is 58.9 Å². The summed E-state index contributed by atoms with van der Waals surface area (Å²) in [6.07, 6.45) is 0.350. The second-order valence-corrected chi connectivity index (χ2v) is 3.09. The molecule has 10 heavy (non-hydrogen) atoms. The van der Waals surface area contributed by atoms with E-state index in [2.05, 4.69) is 0 Å². The Kier molecular flexibility index (Phi) is 1.66. The number of carbonyl (C=O) groups is 1. The van der Waals surface area contributed by atoms with Crippen LogP contribution in [0.4, 0.5) is 0 Å². The fraction of sp³-hybridized carbons (Fsp3) is 0.833. The number of aliphatic hydroxyl groups is 1. The van der Waals surface area contributed by atoms with Gasteiger partial charge in [0.2, 0.25) is 0 Å². The lowest BCUT2D eigenvalue weighted by atomic mass is 10.0. The molecule has 1 heterocycles. The summed E-state index contributed by atoms with van der Waals surface area (Å²) in [4.78, 5) is 10.3. The molecule has 1 aliphatic heterocycles. The Morgan fingerprint density at radius 3 is 2.60 bits per heavy atom. The number of nitrogens with two attached hydrogens (primary N) is 1. The van der Waals surface area contributed by atoms with Crippen LogP contribution in [0, 0.1) is 0 Å². The van der Waals surface area contributed by atoms with E-state index in [1.165, 1.54) is 0 Å². The van der Waals surface area contributed by atoms with Crippen molar-refractivity contribution >= 4 is 5.97 Å². The molecule has 4 heteroatoms. The van der Waals surface area contributed by atoms with Gasteiger partial charge in [0.1, 0.15) is 12.1 Å². The molecule has 4 N–H and O–H groups in total. The highest BCUT2D eigenvalue weighted by Crippen LogP contribution is 2.12. The van der Waals surface area contributed by atoms with Crippen LogP contribution in [-0.2, 0) is 4.79 Å². The zero-order valence-electron chi connectivity index (χ0n) is 5.87. The van der Waals surface area contributed by atoms with Crippen LogP contribution in [0.1, 0.15) is 13.3 Å². The molecule has 1 rings (SSSR count). The van der Waals surface area contributed by atoms with Crippen LogP contribution in [0.15, 0.2) is 0 Å². The van der Waals surface area contributed by atoms with E-state index in [-0.39, 0.29) is 0 Å². The molecule has 1 fully saturated rings. The van der Waals surface area contributed by atoms with Crippen LogP contribution in [0.3, 0.4) is 0 Å². The van der Waals surface area contributed by atoms with Crippen LogP contribution in [0.25, 0.3) is 0 Å². The van der Waals surface area contributed by atoms with Crippen LogP contribution in [-0.4, -0.2) is 34.4 Å². The van der Waals surface area contributed by atoms with Crippen LogP contribution >= 0.6 is 0 Å². The van der Waals surface area contributed by atoms with E-state index in [4.69, 9.17) is 5.11 Å². The largest absolute Gasteiger partial charge is 0.477 e. The van der Waals surface area contributed by atoms with Crippen molar-refractivity contribution in [3.63, 3.8) is 0 Å². The maximum absolute atomic E-state index is 10.3.